The van der Waals surface area contributed by atoms with Crippen LogP contribution in [0.25, 0.3) is 0 Å². The van der Waals surface area contributed by atoms with E-state index in [-0.39, 0.29) is 0 Å². The van der Waals surface area contributed by atoms with E-state index in [9.17, 15) is 0 Å². The van der Waals surface area contributed by atoms with Crippen molar-refractivity contribution in [1.82, 2.24) is 0 Å². The van der Waals surface area contributed by atoms with Gasteiger partial charge in [-0.25, -0.2) is 0 Å². The fraction of sp³-hybridized carbons (Fsp3) is 0.818. The van der Waals surface area contributed by atoms with Crippen molar-refractivity contribution in [2.24, 2.45) is 5.92 Å². The first-order valence-corrected chi connectivity index (χ1v) is 5.99. The molecule has 0 amide bonds. The van der Waals surface area contributed by atoms with Crippen LogP contribution in [0, 0.1) is 5.92 Å². The van der Waals surface area contributed by atoms with E-state index in [1.165, 1.54) is 44.9 Å². The quantitative estimate of drug-likeness (QED) is 0.384. The van der Waals surface area contributed by atoms with Crippen LogP contribution in [0.3, 0.4) is 0 Å². The Kier molecular flexibility index (Phi) is 4.98. The molecule has 0 bridgehead atoms. The van der Waals surface area contributed by atoms with E-state index in [2.05, 4.69) is 22.5 Å². The monoisotopic (exact) mass is 230 g/mol. The average Bonchev–Trinajstić information content (AvgIpc) is 2.09. The summed E-state index contributed by atoms with van der Waals surface area (Å²) in [6.07, 6.45) is 11.7. The Hall–Kier alpha value is 0.220. The minimum atomic E-state index is 0.813. The van der Waals surface area contributed by atoms with Gasteiger partial charge in [-0.05, 0) is 44.4 Å². The Labute approximate surface area is 84.6 Å². The number of hydrogen-bond donors (Lipinski definition) is 0. The van der Waals surface area contributed by atoms with E-state index < -0.39 is 0 Å². The Balaban J connectivity index is 2.05. The lowest BCUT2D eigenvalue weighted by atomic mass is 9.86. The summed E-state index contributed by atoms with van der Waals surface area (Å²) >= 11 is 3.68. The summed E-state index contributed by atoms with van der Waals surface area (Å²) < 4.78 is 0. The predicted octanol–water partition coefficient (Wildman–Crippen LogP) is 4.30. The molecule has 0 aromatic rings. The van der Waals surface area contributed by atoms with Crippen molar-refractivity contribution in [3.8, 4) is 0 Å². The number of halogens is 1. The minimum absolute atomic E-state index is 0.813. The number of hydrogen-bond acceptors (Lipinski definition) is 0. The van der Waals surface area contributed by atoms with Gasteiger partial charge in [0.05, 0.1) is 0 Å². The van der Waals surface area contributed by atoms with E-state index in [0.717, 1.165) is 10.7 Å². The van der Waals surface area contributed by atoms with Crippen molar-refractivity contribution in [1.29, 1.82) is 0 Å². The van der Waals surface area contributed by atoms with Gasteiger partial charge in [-0.3, -0.25) is 0 Å². The molecule has 1 aliphatic rings. The van der Waals surface area contributed by atoms with Gasteiger partial charge >= 0.3 is 0 Å². The third kappa shape index (κ3) is 3.75. The first-order chi connectivity index (χ1) is 5.83. The Morgan fingerprint density at radius 1 is 1.25 bits per heavy atom. The topological polar surface area (TPSA) is 0 Å². The van der Waals surface area contributed by atoms with Crippen LogP contribution in [-0.2, 0) is 0 Å². The van der Waals surface area contributed by atoms with Gasteiger partial charge in [0.2, 0.25) is 0 Å². The molecule has 0 N–H and O–H groups in total. The number of alkyl halides is 1. The van der Waals surface area contributed by atoms with E-state index in [1.54, 1.807) is 0 Å². The smallest absolute Gasteiger partial charge is 0.0146 e. The Morgan fingerprint density at radius 2 is 1.92 bits per heavy atom. The van der Waals surface area contributed by atoms with Gasteiger partial charge in [-0.15, -0.1) is 6.58 Å². The molecule has 1 heteroatoms. The zero-order valence-corrected chi connectivity index (χ0v) is 9.35. The molecular formula is C11H19Br. The van der Waals surface area contributed by atoms with Gasteiger partial charge in [-0.2, -0.15) is 0 Å². The van der Waals surface area contributed by atoms with Gasteiger partial charge in [0, 0.05) is 4.83 Å². The Bertz CT molecular complexity index is 123. The lowest BCUT2D eigenvalue weighted by Crippen LogP contribution is -2.13. The van der Waals surface area contributed by atoms with Crippen LogP contribution in [0.4, 0.5) is 0 Å². The normalized spacial score (nSPS) is 30.1. The zero-order valence-electron chi connectivity index (χ0n) is 7.77. The molecule has 0 unspecified atom stereocenters. The van der Waals surface area contributed by atoms with Crippen molar-refractivity contribution in [2.75, 3.05) is 0 Å². The maximum atomic E-state index is 3.75. The maximum Gasteiger partial charge on any atom is 0.0146 e. The van der Waals surface area contributed by atoms with Crippen LogP contribution in [0.15, 0.2) is 12.7 Å². The fourth-order valence-corrected chi connectivity index (χ4v) is 2.49. The Morgan fingerprint density at radius 3 is 2.50 bits per heavy atom. The largest absolute Gasteiger partial charge is 0.103 e. The van der Waals surface area contributed by atoms with Crippen LogP contribution in [0.5, 0.6) is 0 Å². The standard InChI is InChI=1S/C11H19Br/c1-2-3-4-5-10-6-8-11(12)9-7-10/h2,10-11H,1,3-9H2. The summed E-state index contributed by atoms with van der Waals surface area (Å²) in [7, 11) is 0. The highest BCUT2D eigenvalue weighted by Crippen LogP contribution is 2.31. The molecule has 0 aliphatic heterocycles. The van der Waals surface area contributed by atoms with Gasteiger partial charge in [0.25, 0.3) is 0 Å². The highest BCUT2D eigenvalue weighted by Gasteiger charge is 2.18. The molecule has 1 fully saturated rings. The molecule has 0 aromatic carbocycles. The van der Waals surface area contributed by atoms with E-state index in [0.29, 0.717) is 0 Å². The zero-order chi connectivity index (χ0) is 8.81. The minimum Gasteiger partial charge on any atom is -0.103 e. The second-order valence-electron chi connectivity index (χ2n) is 3.84. The molecule has 0 heterocycles. The second kappa shape index (κ2) is 5.80. The maximum absolute atomic E-state index is 3.75. The van der Waals surface area contributed by atoms with Gasteiger partial charge in [0.1, 0.15) is 0 Å². The second-order valence-corrected chi connectivity index (χ2v) is 5.13. The molecule has 0 nitrogen and oxygen atoms in total. The first kappa shape index (κ1) is 10.3. The molecule has 0 saturated heterocycles. The number of unbranched alkanes of at least 4 members (excludes halogenated alkanes) is 1. The predicted molar refractivity (Wildman–Crippen MR) is 58.7 cm³/mol. The van der Waals surface area contributed by atoms with Crippen molar-refractivity contribution in [2.45, 2.75) is 49.8 Å². The summed E-state index contributed by atoms with van der Waals surface area (Å²) in [6, 6.07) is 0. The number of rotatable bonds is 4. The van der Waals surface area contributed by atoms with E-state index in [1.807, 2.05) is 6.08 Å². The lowest BCUT2D eigenvalue weighted by Gasteiger charge is -2.24. The summed E-state index contributed by atoms with van der Waals surface area (Å²) in [5.41, 5.74) is 0. The van der Waals surface area contributed by atoms with E-state index in [4.69, 9.17) is 0 Å². The van der Waals surface area contributed by atoms with Crippen molar-refractivity contribution < 1.29 is 0 Å². The molecule has 1 saturated carbocycles. The third-order valence-electron chi connectivity index (χ3n) is 2.80. The SMILES string of the molecule is C=CCCCC1CCC(Br)CC1. The molecule has 0 spiro atoms. The summed E-state index contributed by atoms with van der Waals surface area (Å²) in [5, 5.41) is 0. The lowest BCUT2D eigenvalue weighted by molar-refractivity contribution is 0.341. The third-order valence-corrected chi connectivity index (χ3v) is 3.71. The molecular weight excluding hydrogens is 212 g/mol. The highest BCUT2D eigenvalue weighted by atomic mass is 79.9. The fourth-order valence-electron chi connectivity index (χ4n) is 1.96. The molecule has 70 valence electrons. The average molecular weight is 231 g/mol. The number of allylic oxidation sites excluding steroid dienone is 1. The van der Waals surface area contributed by atoms with Crippen molar-refractivity contribution >= 4 is 15.9 Å². The van der Waals surface area contributed by atoms with Crippen LogP contribution in [0.2, 0.25) is 0 Å². The first-order valence-electron chi connectivity index (χ1n) is 5.08. The van der Waals surface area contributed by atoms with Crippen LogP contribution in [-0.4, -0.2) is 4.83 Å². The van der Waals surface area contributed by atoms with Gasteiger partial charge in [0.15, 0.2) is 0 Å². The molecule has 0 radical (unpaired) electrons. The van der Waals surface area contributed by atoms with Gasteiger partial charge in [-0.1, -0.05) is 28.4 Å². The highest BCUT2D eigenvalue weighted by molar-refractivity contribution is 9.09. The summed E-state index contributed by atoms with van der Waals surface area (Å²) in [5.74, 6) is 1.01. The molecule has 0 aromatic heterocycles. The molecule has 1 aliphatic carbocycles. The summed E-state index contributed by atoms with van der Waals surface area (Å²) in [4.78, 5) is 0.813. The van der Waals surface area contributed by atoms with E-state index >= 15 is 0 Å². The molecule has 12 heavy (non-hydrogen) atoms. The van der Waals surface area contributed by atoms with Crippen LogP contribution < -0.4 is 0 Å². The van der Waals surface area contributed by atoms with Gasteiger partial charge < -0.3 is 0 Å². The van der Waals surface area contributed by atoms with Crippen molar-refractivity contribution in [3.05, 3.63) is 12.7 Å². The summed E-state index contributed by atoms with van der Waals surface area (Å²) in [6.45, 7) is 3.75. The van der Waals surface area contributed by atoms with Crippen LogP contribution >= 0.6 is 15.9 Å². The molecule has 1 rings (SSSR count). The van der Waals surface area contributed by atoms with Crippen molar-refractivity contribution in [3.63, 3.8) is 0 Å². The van der Waals surface area contributed by atoms with Crippen LogP contribution in [0.1, 0.15) is 44.9 Å². The molecule has 0 atom stereocenters.